The maximum Gasteiger partial charge on any atom is 0.212 e. The summed E-state index contributed by atoms with van der Waals surface area (Å²) in [7, 11) is 0. The Labute approximate surface area is 60.7 Å². The molecule has 2 nitrogen and oxygen atoms in total. The molecule has 1 spiro atoms. The van der Waals surface area contributed by atoms with Crippen LogP contribution in [0.1, 0.15) is 32.1 Å². The van der Waals surface area contributed by atoms with Crippen molar-refractivity contribution in [1.82, 2.24) is 0 Å². The zero-order valence-electron chi connectivity index (χ0n) is 6.08. The fourth-order valence-corrected chi connectivity index (χ4v) is 3.03. The van der Waals surface area contributed by atoms with Crippen LogP contribution in [-0.2, 0) is 0 Å². The second-order valence-electron chi connectivity index (χ2n) is 4.14. The first-order valence-corrected chi connectivity index (χ1v) is 4.31. The molecule has 1 saturated heterocycles. The molecule has 0 N–H and O–H groups in total. The van der Waals surface area contributed by atoms with Gasteiger partial charge in [0.1, 0.15) is 0 Å². The lowest BCUT2D eigenvalue weighted by atomic mass is 9.71. The normalized spacial score (nSPS) is 56.6. The summed E-state index contributed by atoms with van der Waals surface area (Å²) < 4.78 is 1.62. The van der Waals surface area contributed by atoms with Crippen LogP contribution in [0.2, 0.25) is 0 Å². The monoisotopic (exact) mass is 136 g/mol. The molecule has 0 aromatic carbocycles. The molecule has 1 unspecified atom stereocenters. The zero-order valence-corrected chi connectivity index (χ0v) is 6.08. The summed E-state index contributed by atoms with van der Waals surface area (Å²) in [5.41, 5.74) is 9.74. The van der Waals surface area contributed by atoms with Gasteiger partial charge in [-0.3, -0.25) is 0 Å². The molecule has 1 heterocycles. The SMILES string of the molecule is [N-]=[N+]1C2CC3CCC21CC3. The van der Waals surface area contributed by atoms with Gasteiger partial charge in [0.2, 0.25) is 11.6 Å². The van der Waals surface area contributed by atoms with Crippen molar-refractivity contribution >= 4 is 0 Å². The van der Waals surface area contributed by atoms with Crippen LogP contribution in [0.4, 0.5) is 0 Å². The lowest BCUT2D eigenvalue weighted by Crippen LogP contribution is -2.31. The second-order valence-corrected chi connectivity index (χ2v) is 4.14. The topological polar surface area (TPSA) is 25.3 Å². The minimum atomic E-state index is 0.300. The maximum absolute atomic E-state index is 9.44. The fourth-order valence-electron chi connectivity index (χ4n) is 3.03. The van der Waals surface area contributed by atoms with Gasteiger partial charge in [0.05, 0.1) is 0 Å². The predicted octanol–water partition coefficient (Wildman–Crippen LogP) is 1.74. The molecule has 0 radical (unpaired) electrons. The molecule has 0 aromatic rings. The Morgan fingerprint density at radius 1 is 1.30 bits per heavy atom. The minimum Gasteiger partial charge on any atom is -0.506 e. The molecule has 4 aliphatic rings. The largest absolute Gasteiger partial charge is 0.506 e. The molecule has 4 rings (SSSR count). The van der Waals surface area contributed by atoms with Gasteiger partial charge >= 0.3 is 0 Å². The summed E-state index contributed by atoms with van der Waals surface area (Å²) >= 11 is 0. The third-order valence-corrected chi connectivity index (χ3v) is 3.83. The number of fused-ring (bicyclic) bond motifs is 2. The van der Waals surface area contributed by atoms with Crippen LogP contribution in [0.15, 0.2) is 0 Å². The van der Waals surface area contributed by atoms with Crippen LogP contribution in [0.25, 0.3) is 5.53 Å². The van der Waals surface area contributed by atoms with Crippen LogP contribution in [0.5, 0.6) is 0 Å². The van der Waals surface area contributed by atoms with Gasteiger partial charge < -0.3 is 10.2 Å². The van der Waals surface area contributed by atoms with Crippen LogP contribution in [-0.4, -0.2) is 16.3 Å². The summed E-state index contributed by atoms with van der Waals surface area (Å²) in [4.78, 5) is 0. The van der Waals surface area contributed by atoms with Crippen LogP contribution >= 0.6 is 0 Å². The summed E-state index contributed by atoms with van der Waals surface area (Å²) in [6.45, 7) is 0. The third kappa shape index (κ3) is 0.378. The predicted molar refractivity (Wildman–Crippen MR) is 36.7 cm³/mol. The van der Waals surface area contributed by atoms with Gasteiger partial charge in [0, 0.05) is 19.3 Å². The first-order valence-electron chi connectivity index (χ1n) is 4.31. The van der Waals surface area contributed by atoms with Crippen molar-refractivity contribution in [3.05, 3.63) is 5.53 Å². The van der Waals surface area contributed by atoms with Gasteiger partial charge in [-0.1, -0.05) is 0 Å². The van der Waals surface area contributed by atoms with Gasteiger partial charge in [-0.15, -0.1) is 0 Å². The molecule has 2 heteroatoms. The molecule has 54 valence electrons. The highest BCUT2D eigenvalue weighted by Crippen LogP contribution is 2.57. The molecule has 3 saturated carbocycles. The molecular weight excluding hydrogens is 124 g/mol. The van der Waals surface area contributed by atoms with Crippen molar-refractivity contribution in [3.63, 3.8) is 0 Å². The number of hydrogen-bond acceptors (Lipinski definition) is 0. The molecule has 4 fully saturated rings. The van der Waals surface area contributed by atoms with Crippen LogP contribution in [0, 0.1) is 5.92 Å². The maximum atomic E-state index is 9.44. The Hall–Kier alpha value is -0.400. The van der Waals surface area contributed by atoms with E-state index in [0.717, 1.165) is 5.92 Å². The summed E-state index contributed by atoms with van der Waals surface area (Å²) in [6.07, 6.45) is 6.54. The van der Waals surface area contributed by atoms with Crippen molar-refractivity contribution in [3.8, 4) is 0 Å². The van der Waals surface area contributed by atoms with E-state index in [1.807, 2.05) is 0 Å². The van der Waals surface area contributed by atoms with Gasteiger partial charge in [0.25, 0.3) is 0 Å². The Morgan fingerprint density at radius 2 is 2.00 bits per heavy atom. The quantitative estimate of drug-likeness (QED) is 0.358. The van der Waals surface area contributed by atoms with Crippen LogP contribution in [0.3, 0.4) is 0 Å². The number of nitrogens with zero attached hydrogens (tertiary/aromatic N) is 2. The molecule has 1 aliphatic heterocycles. The van der Waals surface area contributed by atoms with E-state index in [9.17, 15) is 5.53 Å². The van der Waals surface area contributed by atoms with Crippen molar-refractivity contribution in [1.29, 1.82) is 0 Å². The summed E-state index contributed by atoms with van der Waals surface area (Å²) in [6, 6.07) is 0.569. The molecule has 3 aliphatic carbocycles. The molecule has 0 aromatic heterocycles. The third-order valence-electron chi connectivity index (χ3n) is 3.83. The Kier molecular flexibility index (Phi) is 0.682. The summed E-state index contributed by atoms with van der Waals surface area (Å²) in [5, 5.41) is 0. The molecule has 10 heavy (non-hydrogen) atoms. The van der Waals surface area contributed by atoms with E-state index < -0.39 is 0 Å². The van der Waals surface area contributed by atoms with Gasteiger partial charge in [-0.2, -0.15) is 0 Å². The van der Waals surface area contributed by atoms with E-state index in [4.69, 9.17) is 0 Å². The number of hydrogen-bond donors (Lipinski definition) is 0. The van der Waals surface area contributed by atoms with Crippen LogP contribution < -0.4 is 0 Å². The van der Waals surface area contributed by atoms with Crippen molar-refractivity contribution in [2.24, 2.45) is 5.92 Å². The molecular formula is C8H12N2. The average molecular weight is 136 g/mol. The molecule has 1 atom stereocenters. The highest BCUT2D eigenvalue weighted by Gasteiger charge is 2.71. The average Bonchev–Trinajstić information content (AvgIpc) is 2.60. The molecule has 2 bridgehead atoms. The van der Waals surface area contributed by atoms with Crippen molar-refractivity contribution in [2.75, 3.05) is 0 Å². The standard InChI is InChI=1S/C8H12N2/c9-10-7-5-6-1-3-8(7,10)4-2-6/h6-7H,1-5H2. The van der Waals surface area contributed by atoms with Crippen molar-refractivity contribution in [2.45, 2.75) is 43.7 Å². The zero-order chi connectivity index (χ0) is 6.77. The Bertz CT molecular complexity index is 201. The fraction of sp³-hybridized carbons (Fsp3) is 1.00. The van der Waals surface area contributed by atoms with E-state index in [2.05, 4.69) is 0 Å². The summed E-state index contributed by atoms with van der Waals surface area (Å²) in [5.74, 6) is 0.948. The lowest BCUT2D eigenvalue weighted by molar-refractivity contribution is -0.430. The van der Waals surface area contributed by atoms with Gasteiger partial charge in [-0.25, -0.2) is 0 Å². The minimum absolute atomic E-state index is 0.300. The Morgan fingerprint density at radius 3 is 2.40 bits per heavy atom. The number of rotatable bonds is 0. The second kappa shape index (κ2) is 1.29. The highest BCUT2D eigenvalue weighted by molar-refractivity contribution is 5.07. The van der Waals surface area contributed by atoms with Crippen molar-refractivity contribution < 1.29 is 4.70 Å². The Balaban J connectivity index is 2.03. The van der Waals surface area contributed by atoms with E-state index in [-0.39, 0.29) is 0 Å². The smallest absolute Gasteiger partial charge is 0.212 e. The highest BCUT2D eigenvalue weighted by atomic mass is 15.4. The van der Waals surface area contributed by atoms with E-state index in [1.54, 1.807) is 4.70 Å². The van der Waals surface area contributed by atoms with E-state index in [0.29, 0.717) is 11.6 Å². The van der Waals surface area contributed by atoms with Gasteiger partial charge in [-0.05, 0) is 18.8 Å². The first kappa shape index (κ1) is 5.28. The van der Waals surface area contributed by atoms with E-state index in [1.165, 1.54) is 32.1 Å². The molecule has 0 amide bonds. The van der Waals surface area contributed by atoms with E-state index >= 15 is 0 Å². The first-order chi connectivity index (χ1) is 4.83. The lowest BCUT2D eigenvalue weighted by Gasteiger charge is -2.27. The van der Waals surface area contributed by atoms with Gasteiger partial charge in [0.15, 0.2) is 0 Å².